The van der Waals surface area contributed by atoms with Crippen LogP contribution in [0.5, 0.6) is 0 Å². The molecule has 5 N–H and O–H groups in total. The van der Waals surface area contributed by atoms with E-state index in [2.05, 4.69) is 10.3 Å². The highest BCUT2D eigenvalue weighted by atomic mass is 19.4. The molecule has 152 valence electrons. The van der Waals surface area contributed by atoms with Gasteiger partial charge in [-0.2, -0.15) is 13.2 Å². The van der Waals surface area contributed by atoms with E-state index in [9.17, 15) is 26.7 Å². The Morgan fingerprint density at radius 1 is 1.30 bits per heavy atom. The quantitative estimate of drug-likeness (QED) is 0.666. The van der Waals surface area contributed by atoms with Crippen LogP contribution in [-0.4, -0.2) is 43.1 Å². The molecule has 1 saturated carbocycles. The van der Waals surface area contributed by atoms with Gasteiger partial charge in [0.15, 0.2) is 0 Å². The molecule has 1 aliphatic rings. The van der Waals surface area contributed by atoms with Crippen LogP contribution in [0.25, 0.3) is 0 Å². The highest BCUT2D eigenvalue weighted by Crippen LogP contribution is 2.37. The van der Waals surface area contributed by atoms with E-state index in [0.29, 0.717) is 0 Å². The Morgan fingerprint density at radius 2 is 1.89 bits per heavy atom. The average molecular weight is 395 g/mol. The summed E-state index contributed by atoms with van der Waals surface area (Å²) < 4.78 is 63.6. The fourth-order valence-electron chi connectivity index (χ4n) is 3.11. The first-order valence-electron chi connectivity index (χ1n) is 8.42. The third-order valence-corrected chi connectivity index (χ3v) is 4.61. The third-order valence-electron chi connectivity index (χ3n) is 4.61. The van der Waals surface area contributed by atoms with Crippen LogP contribution in [-0.2, 0) is 0 Å². The lowest BCUT2D eigenvalue weighted by molar-refractivity contribution is -0.182. The van der Waals surface area contributed by atoms with Crippen LogP contribution in [0.15, 0.2) is 6.07 Å². The predicted octanol–water partition coefficient (Wildman–Crippen LogP) is 2.80. The van der Waals surface area contributed by atoms with Crippen LogP contribution >= 0.6 is 0 Å². The lowest BCUT2D eigenvalue weighted by atomic mass is 9.85. The van der Waals surface area contributed by atoms with Crippen molar-refractivity contribution in [2.24, 2.45) is 5.92 Å². The van der Waals surface area contributed by atoms with E-state index in [1.807, 2.05) is 0 Å². The Morgan fingerprint density at radius 3 is 2.41 bits per heavy atom. The number of amides is 1. The number of carbonyl (C=O) groups excluding carboxylic acids is 1. The molecule has 0 saturated heterocycles. The van der Waals surface area contributed by atoms with Gasteiger partial charge in [-0.3, -0.25) is 4.79 Å². The Bertz CT molecular complexity index is 674. The lowest BCUT2D eigenvalue weighted by Gasteiger charge is -2.30. The molecule has 1 amide bonds. The van der Waals surface area contributed by atoms with Gasteiger partial charge in [0.05, 0.1) is 23.7 Å². The summed E-state index contributed by atoms with van der Waals surface area (Å²) in [6, 6.07) is 0.791. The minimum Gasteiger partial charge on any atom is -0.396 e. The van der Waals surface area contributed by atoms with Gasteiger partial charge in [0.25, 0.3) is 12.3 Å². The molecule has 0 atom stereocenters. The zero-order valence-corrected chi connectivity index (χ0v) is 14.7. The third kappa shape index (κ3) is 5.33. The second-order valence-corrected chi connectivity index (χ2v) is 6.67. The first kappa shape index (κ1) is 21.0. The largest absolute Gasteiger partial charge is 0.396 e. The highest BCUT2D eigenvalue weighted by molar-refractivity contribution is 6.00. The number of hydrogen-bond acceptors (Lipinski definition) is 5. The second kappa shape index (κ2) is 8.13. The van der Waals surface area contributed by atoms with Crippen LogP contribution in [0.4, 0.5) is 39.3 Å². The van der Waals surface area contributed by atoms with Crippen molar-refractivity contribution in [3.8, 4) is 0 Å². The molecule has 1 heterocycles. The van der Waals surface area contributed by atoms with E-state index >= 15 is 0 Å². The maximum Gasteiger partial charge on any atom is 0.391 e. The van der Waals surface area contributed by atoms with Crippen molar-refractivity contribution in [3.05, 3.63) is 11.6 Å². The van der Waals surface area contributed by atoms with Crippen LogP contribution in [0.2, 0.25) is 0 Å². The van der Waals surface area contributed by atoms with Crippen LogP contribution in [0, 0.1) is 5.92 Å². The summed E-state index contributed by atoms with van der Waals surface area (Å²) in [7, 11) is 1.33. The Hall–Kier alpha value is -2.33. The van der Waals surface area contributed by atoms with E-state index in [-0.39, 0.29) is 48.6 Å². The second-order valence-electron chi connectivity index (χ2n) is 6.67. The predicted molar refractivity (Wildman–Crippen MR) is 91.6 cm³/mol. The fourth-order valence-corrected chi connectivity index (χ4v) is 3.11. The first-order chi connectivity index (χ1) is 12.5. The van der Waals surface area contributed by atoms with Crippen molar-refractivity contribution in [2.75, 3.05) is 30.0 Å². The SMILES string of the molecule is CN(CC(F)F)c1nc(N)c(N)cc1C(=O)NC1CCC(C(F)(F)F)CC1. The summed E-state index contributed by atoms with van der Waals surface area (Å²) in [4.78, 5) is 17.6. The lowest BCUT2D eigenvalue weighted by Crippen LogP contribution is -2.40. The highest BCUT2D eigenvalue weighted by Gasteiger charge is 2.41. The molecule has 1 fully saturated rings. The van der Waals surface area contributed by atoms with Gasteiger partial charge in [0, 0.05) is 13.1 Å². The van der Waals surface area contributed by atoms with Gasteiger partial charge in [-0.25, -0.2) is 13.8 Å². The minimum absolute atomic E-state index is 0.00938. The number of anilines is 3. The van der Waals surface area contributed by atoms with E-state index in [1.54, 1.807) is 0 Å². The summed E-state index contributed by atoms with van der Waals surface area (Å²) in [6.07, 6.45) is -6.70. The Labute approximate surface area is 153 Å². The number of alkyl halides is 5. The molecule has 1 aliphatic carbocycles. The number of pyridine rings is 1. The van der Waals surface area contributed by atoms with Crippen molar-refractivity contribution >= 4 is 23.2 Å². The smallest absolute Gasteiger partial charge is 0.391 e. The summed E-state index contributed by atoms with van der Waals surface area (Å²) in [5, 5.41) is 2.65. The summed E-state index contributed by atoms with van der Waals surface area (Å²) >= 11 is 0. The van der Waals surface area contributed by atoms with E-state index in [0.717, 1.165) is 4.90 Å². The summed E-state index contributed by atoms with van der Waals surface area (Å²) in [6.45, 7) is -0.673. The number of nitrogens with zero attached hydrogens (tertiary/aromatic N) is 2. The summed E-state index contributed by atoms with van der Waals surface area (Å²) in [5.74, 6) is -2.18. The normalized spacial score (nSPS) is 20.6. The molecule has 6 nitrogen and oxygen atoms in total. The van der Waals surface area contributed by atoms with Gasteiger partial charge in [0.2, 0.25) is 0 Å². The average Bonchev–Trinajstić information content (AvgIpc) is 2.55. The zero-order chi connectivity index (χ0) is 20.4. The zero-order valence-electron chi connectivity index (χ0n) is 14.7. The molecular weight excluding hydrogens is 373 g/mol. The maximum absolute atomic E-state index is 12.7. The maximum atomic E-state index is 12.7. The van der Waals surface area contributed by atoms with E-state index in [1.165, 1.54) is 13.1 Å². The first-order valence-corrected chi connectivity index (χ1v) is 8.42. The number of nitrogens with one attached hydrogen (secondary N) is 1. The van der Waals surface area contributed by atoms with Crippen LogP contribution in [0.3, 0.4) is 0 Å². The molecule has 0 unspecified atom stereocenters. The summed E-state index contributed by atoms with van der Waals surface area (Å²) in [5.41, 5.74) is 11.2. The van der Waals surface area contributed by atoms with Crippen molar-refractivity contribution in [3.63, 3.8) is 0 Å². The number of rotatable bonds is 5. The molecule has 27 heavy (non-hydrogen) atoms. The monoisotopic (exact) mass is 395 g/mol. The number of aromatic nitrogens is 1. The number of nitrogen functional groups attached to an aromatic ring is 2. The van der Waals surface area contributed by atoms with Crippen molar-refractivity contribution in [2.45, 2.75) is 44.3 Å². The van der Waals surface area contributed by atoms with Gasteiger partial charge < -0.3 is 21.7 Å². The molecule has 0 bridgehead atoms. The van der Waals surface area contributed by atoms with Gasteiger partial charge in [-0.15, -0.1) is 0 Å². The van der Waals surface area contributed by atoms with Gasteiger partial charge >= 0.3 is 6.18 Å². The molecule has 1 aromatic rings. The van der Waals surface area contributed by atoms with Gasteiger partial charge in [0.1, 0.15) is 11.6 Å². The molecule has 2 rings (SSSR count). The number of carbonyl (C=O) groups is 1. The van der Waals surface area contributed by atoms with E-state index in [4.69, 9.17) is 11.5 Å². The van der Waals surface area contributed by atoms with Crippen molar-refractivity contribution < 1.29 is 26.7 Å². The van der Waals surface area contributed by atoms with Gasteiger partial charge in [-0.05, 0) is 31.7 Å². The van der Waals surface area contributed by atoms with Crippen molar-refractivity contribution in [1.29, 1.82) is 0 Å². The molecular formula is C16H22F5N5O. The molecule has 0 aromatic carbocycles. The van der Waals surface area contributed by atoms with Crippen LogP contribution in [0.1, 0.15) is 36.0 Å². The number of nitrogens with two attached hydrogens (primary N) is 2. The minimum atomic E-state index is -4.24. The molecule has 11 heteroatoms. The fraction of sp³-hybridized carbons (Fsp3) is 0.625. The van der Waals surface area contributed by atoms with E-state index < -0.39 is 37.0 Å². The Kier molecular flexibility index (Phi) is 6.32. The van der Waals surface area contributed by atoms with Crippen LogP contribution < -0.4 is 21.7 Å². The Balaban J connectivity index is 2.13. The molecule has 0 spiro atoms. The molecule has 0 radical (unpaired) electrons. The topological polar surface area (TPSA) is 97.3 Å². The molecule has 1 aromatic heterocycles. The number of halogens is 5. The van der Waals surface area contributed by atoms with Crippen molar-refractivity contribution in [1.82, 2.24) is 10.3 Å². The number of hydrogen-bond donors (Lipinski definition) is 3. The standard InChI is InChI=1S/C16H22F5N5O/c1-26(7-12(17)18)14-10(6-11(22)13(23)25-14)15(27)24-9-4-2-8(3-5-9)16(19,20)21/h6,8-9,12H,2-5,7,22H2,1H3,(H2,23,25)(H,24,27). The molecule has 0 aliphatic heterocycles. The van der Waals surface area contributed by atoms with Gasteiger partial charge in [-0.1, -0.05) is 0 Å².